The number of ether oxygens (including phenoxy) is 2. The minimum atomic E-state index is -6.22. The number of hydrogen-bond donors (Lipinski definition) is 1. The minimum absolute atomic E-state index is 0.142. The molecular formula is C9H8F5O8S-. The molecule has 134 valence electrons. The van der Waals surface area contributed by atoms with Crippen molar-refractivity contribution in [3.63, 3.8) is 0 Å². The van der Waals surface area contributed by atoms with Gasteiger partial charge in [0, 0.05) is 12.5 Å². The topological polar surface area (TPSA) is 130 Å². The zero-order chi connectivity index (χ0) is 18.7. The summed E-state index contributed by atoms with van der Waals surface area (Å²) in [6.45, 7) is 0.823. The van der Waals surface area contributed by atoms with Crippen LogP contribution < -0.4 is 0 Å². The van der Waals surface area contributed by atoms with Crippen LogP contribution in [0.5, 0.6) is 0 Å². The minimum Gasteiger partial charge on any atom is -0.743 e. The van der Waals surface area contributed by atoms with Gasteiger partial charge in [-0.05, 0) is 0 Å². The zero-order valence-electron chi connectivity index (χ0n) is 10.8. The highest BCUT2D eigenvalue weighted by Crippen LogP contribution is 2.36. The Bertz CT molecular complexity index is 583. The first-order chi connectivity index (χ1) is 10.1. The summed E-state index contributed by atoms with van der Waals surface area (Å²) in [7, 11) is -6.22. The molecule has 8 nitrogen and oxygen atoms in total. The fourth-order valence-corrected chi connectivity index (χ4v) is 1.35. The normalized spacial score (nSPS) is 15.6. The molecule has 0 amide bonds. The summed E-state index contributed by atoms with van der Waals surface area (Å²) < 4.78 is 102. The lowest BCUT2D eigenvalue weighted by Gasteiger charge is -2.30. The lowest BCUT2D eigenvalue weighted by atomic mass is 10.2. The lowest BCUT2D eigenvalue weighted by Crippen LogP contribution is -2.57. The third-order valence-electron chi connectivity index (χ3n) is 2.13. The van der Waals surface area contributed by atoms with Gasteiger partial charge < -0.3 is 19.1 Å². The molecule has 0 saturated heterocycles. The van der Waals surface area contributed by atoms with Crippen molar-refractivity contribution in [3.8, 4) is 0 Å². The summed E-state index contributed by atoms with van der Waals surface area (Å²) in [5.41, 5.74) is 0. The highest BCUT2D eigenvalue weighted by atomic mass is 32.2. The smallest absolute Gasteiger partial charge is 0.468 e. The van der Waals surface area contributed by atoms with Gasteiger partial charge in [-0.1, -0.05) is 6.58 Å². The molecule has 0 heterocycles. The third kappa shape index (κ3) is 4.84. The molecule has 0 aromatic heterocycles. The van der Waals surface area contributed by atoms with Crippen LogP contribution in [0, 0.1) is 0 Å². The average molecular weight is 371 g/mol. The summed E-state index contributed by atoms with van der Waals surface area (Å²) in [5.74, 6) is -9.51. The Labute approximate surface area is 125 Å². The van der Waals surface area contributed by atoms with E-state index in [4.69, 9.17) is 5.11 Å². The molecule has 23 heavy (non-hydrogen) atoms. The van der Waals surface area contributed by atoms with Crippen LogP contribution in [0.1, 0.15) is 6.42 Å². The number of rotatable bonds is 8. The monoisotopic (exact) mass is 371 g/mol. The van der Waals surface area contributed by atoms with Crippen LogP contribution in [0.3, 0.4) is 0 Å². The highest BCUT2D eigenvalue weighted by molar-refractivity contribution is 7.86. The van der Waals surface area contributed by atoms with E-state index in [1.54, 1.807) is 0 Å². The van der Waals surface area contributed by atoms with Crippen molar-refractivity contribution in [1.82, 2.24) is 0 Å². The van der Waals surface area contributed by atoms with Gasteiger partial charge in [0.25, 0.3) is 0 Å². The molecule has 0 aromatic rings. The van der Waals surface area contributed by atoms with Gasteiger partial charge in [-0.15, -0.1) is 0 Å². The summed E-state index contributed by atoms with van der Waals surface area (Å²) in [6.07, 6.45) is -7.87. The molecule has 1 atom stereocenters. The molecule has 0 radical (unpaired) electrons. The van der Waals surface area contributed by atoms with Gasteiger partial charge in [-0.25, -0.2) is 18.0 Å². The van der Waals surface area contributed by atoms with Crippen LogP contribution in [-0.2, 0) is 29.2 Å². The first-order valence-corrected chi connectivity index (χ1v) is 6.64. The molecule has 1 N–H and O–H groups in total. The Morgan fingerprint density at radius 1 is 1.22 bits per heavy atom. The molecule has 0 saturated carbocycles. The van der Waals surface area contributed by atoms with Crippen molar-refractivity contribution in [1.29, 1.82) is 0 Å². The third-order valence-corrected chi connectivity index (χ3v) is 3.07. The Morgan fingerprint density at radius 2 is 1.70 bits per heavy atom. The fourth-order valence-electron chi connectivity index (χ4n) is 1.02. The predicted octanol–water partition coefficient (Wildman–Crippen LogP) is 0.604. The Hall–Kier alpha value is -1.80. The number of halogens is 5. The number of aliphatic carboxylic acids is 1. The second-order valence-electron chi connectivity index (χ2n) is 3.73. The second-order valence-corrected chi connectivity index (χ2v) is 5.24. The first-order valence-electron chi connectivity index (χ1n) is 5.23. The maximum Gasteiger partial charge on any atom is 0.468 e. The van der Waals surface area contributed by atoms with E-state index in [9.17, 15) is 44.5 Å². The van der Waals surface area contributed by atoms with Crippen molar-refractivity contribution < 1.29 is 59.1 Å². The number of carbonyl (C=O) groups excluding carboxylic acids is 1. The Morgan fingerprint density at radius 3 is 2.00 bits per heavy atom. The first kappa shape index (κ1) is 21.2. The molecule has 0 bridgehead atoms. The second kappa shape index (κ2) is 6.76. The summed E-state index contributed by atoms with van der Waals surface area (Å²) in [4.78, 5) is 21.6. The highest BCUT2D eigenvalue weighted by Gasteiger charge is 2.67. The molecule has 0 spiro atoms. The molecule has 0 fully saturated rings. The van der Waals surface area contributed by atoms with E-state index in [-0.39, 0.29) is 6.08 Å². The van der Waals surface area contributed by atoms with Gasteiger partial charge in [-0.3, -0.25) is 0 Å². The molecule has 0 aliphatic rings. The molecule has 0 aromatic carbocycles. The van der Waals surface area contributed by atoms with E-state index in [0.717, 1.165) is 0 Å². The number of alkyl halides is 5. The van der Waals surface area contributed by atoms with Gasteiger partial charge in [0.1, 0.15) is 0 Å². The number of carboxylic acids is 1. The van der Waals surface area contributed by atoms with E-state index in [1.165, 1.54) is 0 Å². The van der Waals surface area contributed by atoms with Crippen LogP contribution in [0.4, 0.5) is 22.0 Å². The maximum atomic E-state index is 12.8. The van der Waals surface area contributed by atoms with Crippen LogP contribution in [0.15, 0.2) is 12.7 Å². The van der Waals surface area contributed by atoms with Crippen molar-refractivity contribution in [3.05, 3.63) is 12.7 Å². The van der Waals surface area contributed by atoms with E-state index in [1.807, 2.05) is 0 Å². The number of esters is 1. The molecule has 14 heteroatoms. The van der Waals surface area contributed by atoms with Gasteiger partial charge in [0.2, 0.25) is 0 Å². The van der Waals surface area contributed by atoms with Crippen molar-refractivity contribution in [2.45, 2.75) is 23.6 Å². The van der Waals surface area contributed by atoms with E-state index < -0.39 is 52.3 Å². The van der Waals surface area contributed by atoms with Gasteiger partial charge in [-0.2, -0.15) is 22.0 Å². The standard InChI is InChI=1S/C9H9F5O8S/c1-2-5(15)22-8(6(16)17,9(12,13)14)21-4-3-7(10,11)23(18,19)20/h2H,1,3-4H2,(H,16,17)(H,18,19,20)/p-1. The molecule has 0 rings (SSSR count). The van der Waals surface area contributed by atoms with Crippen LogP contribution in [0.2, 0.25) is 0 Å². The van der Waals surface area contributed by atoms with E-state index in [2.05, 4.69) is 16.1 Å². The summed E-state index contributed by atoms with van der Waals surface area (Å²) >= 11 is 0. The molecule has 0 aliphatic carbocycles. The SMILES string of the molecule is C=CC(=O)OC(OCCC(F)(F)S(=O)(=O)[O-])(C(=O)O)C(F)(F)F. The molecule has 1 unspecified atom stereocenters. The zero-order valence-corrected chi connectivity index (χ0v) is 11.6. The number of hydrogen-bond acceptors (Lipinski definition) is 7. The van der Waals surface area contributed by atoms with E-state index in [0.29, 0.717) is 0 Å². The number of carbonyl (C=O) groups is 2. The predicted molar refractivity (Wildman–Crippen MR) is 57.9 cm³/mol. The van der Waals surface area contributed by atoms with Crippen molar-refractivity contribution in [2.24, 2.45) is 0 Å². The quantitative estimate of drug-likeness (QED) is 0.216. The van der Waals surface area contributed by atoms with Crippen molar-refractivity contribution in [2.75, 3.05) is 6.61 Å². The van der Waals surface area contributed by atoms with Crippen LogP contribution in [0.25, 0.3) is 0 Å². The Balaban J connectivity index is 5.46. The largest absolute Gasteiger partial charge is 0.743 e. The van der Waals surface area contributed by atoms with Crippen molar-refractivity contribution >= 4 is 22.1 Å². The van der Waals surface area contributed by atoms with Crippen LogP contribution in [-0.4, -0.2) is 53.8 Å². The fraction of sp³-hybridized carbons (Fsp3) is 0.556. The average Bonchev–Trinajstić information content (AvgIpc) is 2.33. The lowest BCUT2D eigenvalue weighted by molar-refractivity contribution is -0.353. The maximum absolute atomic E-state index is 12.8. The number of carboxylic acid groups (broad SMARTS) is 1. The Kier molecular flexibility index (Phi) is 6.23. The summed E-state index contributed by atoms with van der Waals surface area (Å²) in [5, 5.41) is 3.55. The molecular weight excluding hydrogens is 363 g/mol. The van der Waals surface area contributed by atoms with Gasteiger partial charge in [0.15, 0.2) is 10.1 Å². The molecule has 0 aliphatic heterocycles. The summed E-state index contributed by atoms with van der Waals surface area (Å²) in [6, 6.07) is 0. The van der Waals surface area contributed by atoms with Crippen LogP contribution >= 0.6 is 0 Å². The van der Waals surface area contributed by atoms with Gasteiger partial charge in [0.05, 0.1) is 6.61 Å². The van der Waals surface area contributed by atoms with Gasteiger partial charge >= 0.3 is 29.2 Å². The van der Waals surface area contributed by atoms with E-state index >= 15 is 0 Å².